The van der Waals surface area contributed by atoms with E-state index in [-0.39, 0.29) is 5.78 Å². The van der Waals surface area contributed by atoms with Crippen molar-refractivity contribution in [2.75, 3.05) is 13.2 Å². The van der Waals surface area contributed by atoms with Crippen molar-refractivity contribution >= 4 is 5.78 Å². The standard InChI is InChI=1S/C13H22N2O2/c1-3-8-15-9-7-14-13(15)11-12(16)6-5-10-17-4-2/h7,9H,3-6,8,10-11H2,1-2H3. The Bertz CT molecular complexity index is 334. The molecule has 0 aliphatic carbocycles. The van der Waals surface area contributed by atoms with Gasteiger partial charge in [0.05, 0.1) is 6.42 Å². The lowest BCUT2D eigenvalue weighted by molar-refractivity contribution is -0.118. The van der Waals surface area contributed by atoms with Gasteiger partial charge in [-0.2, -0.15) is 0 Å². The minimum absolute atomic E-state index is 0.244. The highest BCUT2D eigenvalue weighted by Crippen LogP contribution is 2.04. The van der Waals surface area contributed by atoms with Crippen molar-refractivity contribution in [1.29, 1.82) is 0 Å². The lowest BCUT2D eigenvalue weighted by Crippen LogP contribution is -2.10. The van der Waals surface area contributed by atoms with Gasteiger partial charge in [-0.05, 0) is 19.8 Å². The summed E-state index contributed by atoms with van der Waals surface area (Å²) in [5, 5.41) is 0. The van der Waals surface area contributed by atoms with Gasteiger partial charge in [0.2, 0.25) is 0 Å². The molecular formula is C13H22N2O2. The van der Waals surface area contributed by atoms with Crippen molar-refractivity contribution in [2.24, 2.45) is 0 Å². The van der Waals surface area contributed by atoms with Gasteiger partial charge in [-0.25, -0.2) is 4.98 Å². The lowest BCUT2D eigenvalue weighted by atomic mass is 10.1. The zero-order chi connectivity index (χ0) is 12.5. The van der Waals surface area contributed by atoms with Gasteiger partial charge in [-0.1, -0.05) is 6.92 Å². The predicted molar refractivity (Wildman–Crippen MR) is 67.0 cm³/mol. The molecule has 0 aromatic carbocycles. The van der Waals surface area contributed by atoms with E-state index in [9.17, 15) is 4.79 Å². The average Bonchev–Trinajstić information content (AvgIpc) is 2.73. The summed E-state index contributed by atoms with van der Waals surface area (Å²) in [6, 6.07) is 0. The number of ketones is 1. The van der Waals surface area contributed by atoms with Gasteiger partial charge < -0.3 is 9.30 Å². The van der Waals surface area contributed by atoms with Crippen LogP contribution >= 0.6 is 0 Å². The molecular weight excluding hydrogens is 216 g/mol. The molecule has 0 radical (unpaired) electrons. The van der Waals surface area contributed by atoms with Gasteiger partial charge in [0.1, 0.15) is 11.6 Å². The predicted octanol–water partition coefficient (Wildman–Crippen LogP) is 2.22. The third-order valence-electron chi connectivity index (χ3n) is 2.57. The molecule has 0 aliphatic rings. The monoisotopic (exact) mass is 238 g/mol. The van der Waals surface area contributed by atoms with Crippen molar-refractivity contribution in [1.82, 2.24) is 9.55 Å². The Morgan fingerprint density at radius 1 is 1.47 bits per heavy atom. The maximum Gasteiger partial charge on any atom is 0.140 e. The first kappa shape index (κ1) is 13.9. The Morgan fingerprint density at radius 2 is 2.29 bits per heavy atom. The fourth-order valence-electron chi connectivity index (χ4n) is 1.73. The minimum atomic E-state index is 0.244. The molecule has 96 valence electrons. The fourth-order valence-corrected chi connectivity index (χ4v) is 1.73. The van der Waals surface area contributed by atoms with E-state index in [0.29, 0.717) is 19.4 Å². The zero-order valence-corrected chi connectivity index (χ0v) is 10.8. The molecule has 0 aliphatic heterocycles. The normalized spacial score (nSPS) is 10.7. The van der Waals surface area contributed by atoms with Crippen LogP contribution in [-0.2, 0) is 22.5 Å². The second kappa shape index (κ2) is 8.01. The van der Waals surface area contributed by atoms with E-state index < -0.39 is 0 Å². The van der Waals surface area contributed by atoms with Gasteiger partial charge in [0.25, 0.3) is 0 Å². The van der Waals surface area contributed by atoms with Crippen LogP contribution in [0.25, 0.3) is 0 Å². The highest BCUT2D eigenvalue weighted by atomic mass is 16.5. The molecule has 1 aromatic heterocycles. The van der Waals surface area contributed by atoms with E-state index in [2.05, 4.69) is 16.5 Å². The quantitative estimate of drug-likeness (QED) is 0.620. The summed E-state index contributed by atoms with van der Waals surface area (Å²) in [6.45, 7) is 6.40. The number of rotatable bonds is 9. The summed E-state index contributed by atoms with van der Waals surface area (Å²) in [7, 11) is 0. The highest BCUT2D eigenvalue weighted by molar-refractivity contribution is 5.80. The van der Waals surface area contributed by atoms with Crippen molar-refractivity contribution in [2.45, 2.75) is 46.1 Å². The van der Waals surface area contributed by atoms with Crippen LogP contribution in [0.1, 0.15) is 38.9 Å². The van der Waals surface area contributed by atoms with Crippen LogP contribution in [0.15, 0.2) is 12.4 Å². The SMILES string of the molecule is CCCn1ccnc1CC(=O)CCCOCC. The van der Waals surface area contributed by atoms with Crippen molar-refractivity contribution < 1.29 is 9.53 Å². The average molecular weight is 238 g/mol. The molecule has 0 atom stereocenters. The van der Waals surface area contributed by atoms with Gasteiger partial charge >= 0.3 is 0 Å². The smallest absolute Gasteiger partial charge is 0.140 e. The third kappa shape index (κ3) is 5.13. The molecule has 1 aromatic rings. The minimum Gasteiger partial charge on any atom is -0.382 e. The second-order valence-corrected chi connectivity index (χ2v) is 4.05. The van der Waals surface area contributed by atoms with Crippen LogP contribution in [-0.4, -0.2) is 28.5 Å². The first-order chi connectivity index (χ1) is 8.27. The Hall–Kier alpha value is -1.16. The third-order valence-corrected chi connectivity index (χ3v) is 2.57. The summed E-state index contributed by atoms with van der Waals surface area (Å²) < 4.78 is 7.26. The van der Waals surface area contributed by atoms with Crippen molar-refractivity contribution in [3.05, 3.63) is 18.2 Å². The molecule has 1 rings (SSSR count). The van der Waals surface area contributed by atoms with E-state index >= 15 is 0 Å². The summed E-state index contributed by atoms with van der Waals surface area (Å²) >= 11 is 0. The van der Waals surface area contributed by atoms with Gasteiger partial charge in [0, 0.05) is 38.6 Å². The molecule has 0 N–H and O–H groups in total. The molecule has 1 heterocycles. The Labute approximate surface area is 103 Å². The van der Waals surface area contributed by atoms with Crippen LogP contribution in [0, 0.1) is 0 Å². The van der Waals surface area contributed by atoms with E-state index in [4.69, 9.17) is 4.74 Å². The second-order valence-electron chi connectivity index (χ2n) is 4.05. The first-order valence-corrected chi connectivity index (χ1v) is 6.37. The topological polar surface area (TPSA) is 44.1 Å². The number of carbonyl (C=O) groups excluding carboxylic acids is 1. The van der Waals surface area contributed by atoms with E-state index in [1.54, 1.807) is 6.20 Å². The van der Waals surface area contributed by atoms with E-state index in [0.717, 1.165) is 31.8 Å². The van der Waals surface area contributed by atoms with Crippen molar-refractivity contribution in [3.8, 4) is 0 Å². The molecule has 0 bridgehead atoms. The van der Waals surface area contributed by atoms with E-state index in [1.807, 2.05) is 13.1 Å². The molecule has 0 unspecified atom stereocenters. The Morgan fingerprint density at radius 3 is 3.00 bits per heavy atom. The molecule has 0 spiro atoms. The highest BCUT2D eigenvalue weighted by Gasteiger charge is 2.08. The number of aromatic nitrogens is 2. The summed E-state index contributed by atoms with van der Waals surface area (Å²) in [4.78, 5) is 16.0. The first-order valence-electron chi connectivity index (χ1n) is 6.37. The summed E-state index contributed by atoms with van der Waals surface area (Å²) in [6.07, 6.45) is 6.59. The number of Topliss-reactive ketones (excluding diaryl/α,β-unsaturated/α-hetero) is 1. The largest absolute Gasteiger partial charge is 0.382 e. The number of ether oxygens (including phenoxy) is 1. The number of aryl methyl sites for hydroxylation is 1. The van der Waals surface area contributed by atoms with Crippen LogP contribution < -0.4 is 0 Å². The lowest BCUT2D eigenvalue weighted by Gasteiger charge is -2.05. The number of imidazole rings is 1. The summed E-state index contributed by atoms with van der Waals surface area (Å²) in [5.41, 5.74) is 0. The molecule has 4 heteroatoms. The molecule has 0 fully saturated rings. The van der Waals surface area contributed by atoms with Gasteiger partial charge in [-0.15, -0.1) is 0 Å². The summed E-state index contributed by atoms with van der Waals surface area (Å²) in [5.74, 6) is 1.13. The Balaban J connectivity index is 2.31. The van der Waals surface area contributed by atoms with Crippen LogP contribution in [0.3, 0.4) is 0 Å². The number of carbonyl (C=O) groups is 1. The van der Waals surface area contributed by atoms with Crippen LogP contribution in [0.2, 0.25) is 0 Å². The fraction of sp³-hybridized carbons (Fsp3) is 0.692. The molecule has 17 heavy (non-hydrogen) atoms. The van der Waals surface area contributed by atoms with Gasteiger partial charge in [-0.3, -0.25) is 4.79 Å². The van der Waals surface area contributed by atoms with Crippen LogP contribution in [0.4, 0.5) is 0 Å². The number of hydrogen-bond acceptors (Lipinski definition) is 3. The molecule has 0 saturated carbocycles. The zero-order valence-electron chi connectivity index (χ0n) is 10.8. The number of hydrogen-bond donors (Lipinski definition) is 0. The maximum atomic E-state index is 11.7. The number of nitrogens with zero attached hydrogens (tertiary/aromatic N) is 2. The molecule has 4 nitrogen and oxygen atoms in total. The van der Waals surface area contributed by atoms with E-state index in [1.165, 1.54) is 0 Å². The molecule has 0 saturated heterocycles. The van der Waals surface area contributed by atoms with Gasteiger partial charge in [0.15, 0.2) is 0 Å². The van der Waals surface area contributed by atoms with Crippen LogP contribution in [0.5, 0.6) is 0 Å². The maximum absolute atomic E-state index is 11.7. The van der Waals surface area contributed by atoms with Crippen molar-refractivity contribution in [3.63, 3.8) is 0 Å². The Kier molecular flexibility index (Phi) is 6.55. The molecule has 0 amide bonds.